The molecule has 0 radical (unpaired) electrons. The number of aromatic nitrogens is 2. The maximum absolute atomic E-state index is 13.1. The summed E-state index contributed by atoms with van der Waals surface area (Å²) in [6.07, 6.45) is 1.76. The summed E-state index contributed by atoms with van der Waals surface area (Å²) in [7, 11) is 0. The molecule has 1 aromatic heterocycles. The van der Waals surface area contributed by atoms with Gasteiger partial charge in [-0.1, -0.05) is 21.1 Å². The third kappa shape index (κ3) is 3.93. The Labute approximate surface area is 164 Å². The van der Waals surface area contributed by atoms with Crippen molar-refractivity contribution in [3.63, 3.8) is 0 Å². The van der Waals surface area contributed by atoms with E-state index < -0.39 is 0 Å². The Bertz CT molecular complexity index is 941. The first kappa shape index (κ1) is 17.9. The second kappa shape index (κ2) is 7.60. The van der Waals surface area contributed by atoms with E-state index in [9.17, 15) is 9.18 Å². The monoisotopic (exact) mass is 429 g/mol. The lowest BCUT2D eigenvalue weighted by molar-refractivity contribution is 0.0695. The first-order valence-corrected chi connectivity index (χ1v) is 9.54. The molecule has 4 rings (SSSR count). The fourth-order valence-electron chi connectivity index (χ4n) is 3.26. The van der Waals surface area contributed by atoms with Gasteiger partial charge in [0.05, 0.1) is 5.92 Å². The quantitative estimate of drug-likeness (QED) is 0.607. The number of amides is 1. The van der Waals surface area contributed by atoms with Crippen LogP contribution in [0, 0.1) is 5.82 Å². The Morgan fingerprint density at radius 3 is 2.63 bits per heavy atom. The van der Waals surface area contributed by atoms with Gasteiger partial charge < -0.3 is 9.42 Å². The van der Waals surface area contributed by atoms with Crippen LogP contribution in [0.2, 0.25) is 0 Å². The van der Waals surface area contributed by atoms with E-state index in [-0.39, 0.29) is 17.6 Å². The number of nitrogens with zero attached hydrogens (tertiary/aromatic N) is 3. The molecule has 1 atom stereocenters. The summed E-state index contributed by atoms with van der Waals surface area (Å²) < 4.78 is 19.5. The van der Waals surface area contributed by atoms with Crippen LogP contribution < -0.4 is 0 Å². The Morgan fingerprint density at radius 2 is 1.89 bits per heavy atom. The summed E-state index contributed by atoms with van der Waals surface area (Å²) in [4.78, 5) is 19.1. The third-order valence-electron chi connectivity index (χ3n) is 4.69. The van der Waals surface area contributed by atoms with Crippen LogP contribution in [-0.2, 0) is 0 Å². The number of benzene rings is 2. The normalized spacial score (nSPS) is 17.1. The van der Waals surface area contributed by atoms with E-state index in [4.69, 9.17) is 4.52 Å². The minimum atomic E-state index is -0.308. The van der Waals surface area contributed by atoms with Crippen molar-refractivity contribution in [1.29, 1.82) is 0 Å². The van der Waals surface area contributed by atoms with Crippen molar-refractivity contribution >= 4 is 21.8 Å². The summed E-state index contributed by atoms with van der Waals surface area (Å²) in [6.45, 7) is 1.25. The second-order valence-corrected chi connectivity index (χ2v) is 7.48. The number of hydrogen-bond donors (Lipinski definition) is 0. The first-order valence-electron chi connectivity index (χ1n) is 8.74. The zero-order chi connectivity index (χ0) is 18.8. The Morgan fingerprint density at radius 1 is 1.15 bits per heavy atom. The summed E-state index contributed by atoms with van der Waals surface area (Å²) >= 11 is 3.38. The molecule has 138 valence electrons. The molecule has 1 aliphatic heterocycles. The number of carbonyl (C=O) groups is 1. The maximum atomic E-state index is 13.1. The molecule has 1 saturated heterocycles. The van der Waals surface area contributed by atoms with Crippen molar-refractivity contribution in [2.75, 3.05) is 13.1 Å². The van der Waals surface area contributed by atoms with Gasteiger partial charge in [-0.25, -0.2) is 4.39 Å². The maximum Gasteiger partial charge on any atom is 0.253 e. The Kier molecular flexibility index (Phi) is 5.03. The van der Waals surface area contributed by atoms with E-state index in [0.29, 0.717) is 35.9 Å². The van der Waals surface area contributed by atoms with E-state index in [0.717, 1.165) is 17.3 Å². The zero-order valence-corrected chi connectivity index (χ0v) is 16.0. The molecule has 7 heteroatoms. The van der Waals surface area contributed by atoms with Crippen LogP contribution in [0.5, 0.6) is 0 Å². The van der Waals surface area contributed by atoms with E-state index in [1.165, 1.54) is 12.1 Å². The highest BCUT2D eigenvalue weighted by Gasteiger charge is 2.29. The molecule has 0 saturated carbocycles. The molecule has 3 aromatic rings. The number of hydrogen-bond acceptors (Lipinski definition) is 4. The van der Waals surface area contributed by atoms with Crippen molar-refractivity contribution in [2.45, 2.75) is 18.8 Å². The second-order valence-electron chi connectivity index (χ2n) is 6.56. The standard InChI is InChI=1S/C20H17BrFN3O2/c21-16-7-3-14(4-8-16)20(26)25-11-1-2-15(12-25)19-23-18(24-27-19)13-5-9-17(22)10-6-13/h3-10,15H,1-2,11-12H2/t15-/m0/s1. The lowest BCUT2D eigenvalue weighted by atomic mass is 9.97. The van der Waals surface area contributed by atoms with E-state index in [1.54, 1.807) is 12.1 Å². The molecule has 1 aliphatic rings. The van der Waals surface area contributed by atoms with Crippen LogP contribution in [0.25, 0.3) is 11.4 Å². The van der Waals surface area contributed by atoms with Gasteiger partial charge in [-0.05, 0) is 61.4 Å². The van der Waals surface area contributed by atoms with Crippen molar-refractivity contribution in [1.82, 2.24) is 15.0 Å². The number of rotatable bonds is 3. The van der Waals surface area contributed by atoms with Crippen LogP contribution in [0.4, 0.5) is 4.39 Å². The van der Waals surface area contributed by atoms with Crippen LogP contribution in [0.1, 0.15) is 35.0 Å². The van der Waals surface area contributed by atoms with Crippen molar-refractivity contribution in [2.24, 2.45) is 0 Å². The van der Waals surface area contributed by atoms with Crippen molar-refractivity contribution < 1.29 is 13.7 Å². The van der Waals surface area contributed by atoms with E-state index in [1.807, 2.05) is 29.2 Å². The van der Waals surface area contributed by atoms with Crippen LogP contribution in [-0.4, -0.2) is 34.0 Å². The molecule has 0 bridgehead atoms. The Hall–Kier alpha value is -2.54. The molecule has 1 amide bonds. The van der Waals surface area contributed by atoms with Gasteiger partial charge in [-0.3, -0.25) is 4.79 Å². The van der Waals surface area contributed by atoms with Crippen molar-refractivity contribution in [3.8, 4) is 11.4 Å². The topological polar surface area (TPSA) is 59.2 Å². The molecule has 5 nitrogen and oxygen atoms in total. The molecule has 2 heterocycles. The molecule has 0 spiro atoms. The smallest absolute Gasteiger partial charge is 0.253 e. The van der Waals surface area contributed by atoms with Gasteiger partial charge in [0, 0.05) is 28.7 Å². The summed E-state index contributed by atoms with van der Waals surface area (Å²) in [6, 6.07) is 13.3. The van der Waals surface area contributed by atoms with E-state index >= 15 is 0 Å². The van der Waals surface area contributed by atoms with Gasteiger partial charge in [0.25, 0.3) is 5.91 Å². The molecule has 0 N–H and O–H groups in total. The van der Waals surface area contributed by atoms with Crippen LogP contribution in [0.3, 0.4) is 0 Å². The van der Waals surface area contributed by atoms with Gasteiger partial charge >= 0.3 is 0 Å². The van der Waals surface area contributed by atoms with Gasteiger partial charge in [-0.2, -0.15) is 4.98 Å². The summed E-state index contributed by atoms with van der Waals surface area (Å²) in [5.74, 6) is 0.645. The molecule has 27 heavy (non-hydrogen) atoms. The minimum absolute atomic E-state index is 0.000142. The van der Waals surface area contributed by atoms with Crippen LogP contribution in [0.15, 0.2) is 57.5 Å². The van der Waals surface area contributed by atoms with Crippen molar-refractivity contribution in [3.05, 3.63) is 70.3 Å². The number of likely N-dealkylation sites (tertiary alicyclic amines) is 1. The van der Waals surface area contributed by atoms with Crippen LogP contribution >= 0.6 is 15.9 Å². The summed E-state index contributed by atoms with van der Waals surface area (Å²) in [5.41, 5.74) is 1.36. The zero-order valence-electron chi connectivity index (χ0n) is 14.4. The van der Waals surface area contributed by atoms with Gasteiger partial charge in [0.2, 0.25) is 11.7 Å². The predicted octanol–water partition coefficient (Wildman–Crippen LogP) is 4.66. The summed E-state index contributed by atoms with van der Waals surface area (Å²) in [5, 5.41) is 4.01. The van der Waals surface area contributed by atoms with Gasteiger partial charge in [0.15, 0.2) is 0 Å². The first-order chi connectivity index (χ1) is 13.1. The number of piperidine rings is 1. The SMILES string of the molecule is O=C(c1ccc(Br)cc1)N1CCC[C@H](c2nc(-c3ccc(F)cc3)no2)C1. The molecular formula is C20H17BrFN3O2. The lowest BCUT2D eigenvalue weighted by Gasteiger charge is -2.31. The van der Waals surface area contributed by atoms with Gasteiger partial charge in [0.1, 0.15) is 5.82 Å². The van der Waals surface area contributed by atoms with E-state index in [2.05, 4.69) is 26.1 Å². The fraction of sp³-hybridized carbons (Fsp3) is 0.250. The highest BCUT2D eigenvalue weighted by atomic mass is 79.9. The van der Waals surface area contributed by atoms with Gasteiger partial charge in [-0.15, -0.1) is 0 Å². The highest BCUT2D eigenvalue weighted by Crippen LogP contribution is 2.28. The highest BCUT2D eigenvalue weighted by molar-refractivity contribution is 9.10. The third-order valence-corrected chi connectivity index (χ3v) is 5.22. The lowest BCUT2D eigenvalue weighted by Crippen LogP contribution is -2.39. The number of halogens is 2. The average molecular weight is 430 g/mol. The Balaban J connectivity index is 1.49. The molecule has 1 fully saturated rings. The molecule has 0 aliphatic carbocycles. The molecular weight excluding hydrogens is 413 g/mol. The largest absolute Gasteiger partial charge is 0.339 e. The average Bonchev–Trinajstić information content (AvgIpc) is 3.19. The fourth-order valence-corrected chi connectivity index (χ4v) is 3.52. The number of carbonyl (C=O) groups excluding carboxylic acids is 1. The predicted molar refractivity (Wildman–Crippen MR) is 102 cm³/mol. The molecule has 0 unspecified atom stereocenters. The minimum Gasteiger partial charge on any atom is -0.339 e. The molecule has 2 aromatic carbocycles.